The Labute approximate surface area is 145 Å². The molecule has 23 heavy (non-hydrogen) atoms. The van der Waals surface area contributed by atoms with E-state index in [9.17, 15) is 13.6 Å². The van der Waals surface area contributed by atoms with E-state index < -0.39 is 17.4 Å². The van der Waals surface area contributed by atoms with Crippen LogP contribution in [0.4, 0.5) is 8.78 Å². The third kappa shape index (κ3) is 4.16. The van der Waals surface area contributed by atoms with Crippen LogP contribution in [-0.2, 0) is 11.3 Å². The van der Waals surface area contributed by atoms with Crippen LogP contribution in [0.15, 0.2) is 18.2 Å². The first kappa shape index (κ1) is 18.5. The van der Waals surface area contributed by atoms with Crippen molar-refractivity contribution in [2.75, 3.05) is 0 Å². The Hall–Kier alpha value is -0.870. The summed E-state index contributed by atoms with van der Waals surface area (Å²) in [5.41, 5.74) is -1.93. The summed E-state index contributed by atoms with van der Waals surface area (Å²) in [6.45, 7) is 4.08. The smallest absolute Gasteiger partial charge is 0.273 e. The Balaban J connectivity index is 2.33. The van der Waals surface area contributed by atoms with Gasteiger partial charge >= 0.3 is 0 Å². The molecule has 2 nitrogen and oxygen atoms in total. The quantitative estimate of drug-likeness (QED) is 0.676. The van der Waals surface area contributed by atoms with Crippen LogP contribution in [0.5, 0.6) is 0 Å². The highest BCUT2D eigenvalue weighted by Gasteiger charge is 2.36. The normalized spacial score (nSPS) is 25.9. The number of rotatable bonds is 4. The topological polar surface area (TPSA) is 20.3 Å². The van der Waals surface area contributed by atoms with Gasteiger partial charge in [0.1, 0.15) is 5.82 Å². The fourth-order valence-corrected chi connectivity index (χ4v) is 3.68. The van der Waals surface area contributed by atoms with Gasteiger partial charge in [0.05, 0.1) is 6.54 Å². The van der Waals surface area contributed by atoms with Gasteiger partial charge in [0.15, 0.2) is 0 Å². The summed E-state index contributed by atoms with van der Waals surface area (Å²) >= 11 is 11.4. The van der Waals surface area contributed by atoms with Gasteiger partial charge in [-0.05, 0) is 30.4 Å². The molecule has 1 aliphatic carbocycles. The van der Waals surface area contributed by atoms with Gasteiger partial charge in [-0.1, -0.05) is 56.0 Å². The minimum atomic E-state index is -2.13. The van der Waals surface area contributed by atoms with E-state index in [1.165, 1.54) is 17.0 Å². The van der Waals surface area contributed by atoms with E-state index in [4.69, 9.17) is 23.2 Å². The molecule has 0 bridgehead atoms. The summed E-state index contributed by atoms with van der Waals surface area (Å²) in [5.74, 6) is -0.726. The van der Waals surface area contributed by atoms with Crippen LogP contribution in [0.25, 0.3) is 0 Å². The lowest BCUT2D eigenvalue weighted by Gasteiger charge is -2.42. The molecule has 4 unspecified atom stereocenters. The van der Waals surface area contributed by atoms with Gasteiger partial charge in [0.2, 0.25) is 0 Å². The van der Waals surface area contributed by atoms with Crippen molar-refractivity contribution in [1.82, 2.24) is 4.90 Å². The summed E-state index contributed by atoms with van der Waals surface area (Å²) in [6.07, 6.45) is 2.78. The number of hydrogen-bond donors (Lipinski definition) is 0. The molecule has 0 aromatic heterocycles. The third-order valence-corrected chi connectivity index (χ3v) is 5.46. The number of hydrogen-bond acceptors (Lipinski definition) is 1. The van der Waals surface area contributed by atoms with Crippen LogP contribution >= 0.6 is 23.2 Å². The van der Waals surface area contributed by atoms with E-state index >= 15 is 0 Å². The number of alkyl halides is 2. The number of amides is 1. The molecule has 0 radical (unpaired) electrons. The lowest BCUT2D eigenvalue weighted by molar-refractivity contribution is -0.139. The van der Waals surface area contributed by atoms with Crippen LogP contribution in [0.1, 0.15) is 38.7 Å². The zero-order valence-corrected chi connectivity index (χ0v) is 14.7. The molecule has 1 fully saturated rings. The molecular formula is C17H21Cl2F2NO. The van der Waals surface area contributed by atoms with Crippen molar-refractivity contribution in [2.45, 2.75) is 51.3 Å². The van der Waals surface area contributed by atoms with Crippen molar-refractivity contribution in [3.8, 4) is 0 Å². The van der Waals surface area contributed by atoms with E-state index in [-0.39, 0.29) is 29.1 Å². The molecule has 0 spiro atoms. The second-order valence-electron chi connectivity index (χ2n) is 6.30. The average Bonchev–Trinajstić information content (AvgIpc) is 2.50. The molecule has 1 aliphatic rings. The molecule has 1 saturated carbocycles. The highest BCUT2D eigenvalue weighted by atomic mass is 35.5. The minimum absolute atomic E-state index is 0.0702. The lowest BCUT2D eigenvalue weighted by Crippen LogP contribution is -2.48. The van der Waals surface area contributed by atoms with Crippen molar-refractivity contribution >= 4 is 29.1 Å². The first-order chi connectivity index (χ1) is 10.8. The summed E-state index contributed by atoms with van der Waals surface area (Å²) in [7, 11) is 0. The molecule has 4 atom stereocenters. The summed E-state index contributed by atoms with van der Waals surface area (Å²) in [6, 6.07) is 4.17. The Morgan fingerprint density at radius 2 is 2.09 bits per heavy atom. The Morgan fingerprint density at radius 1 is 1.39 bits per heavy atom. The molecule has 0 heterocycles. The third-order valence-electron chi connectivity index (χ3n) is 4.92. The first-order valence-electron chi connectivity index (χ1n) is 7.84. The van der Waals surface area contributed by atoms with Crippen LogP contribution < -0.4 is 0 Å². The Morgan fingerprint density at radius 3 is 2.70 bits per heavy atom. The van der Waals surface area contributed by atoms with Gasteiger partial charge < -0.3 is 4.90 Å². The molecule has 0 N–H and O–H groups in total. The van der Waals surface area contributed by atoms with E-state index in [1.807, 2.05) is 6.92 Å². The zero-order valence-electron chi connectivity index (χ0n) is 13.2. The van der Waals surface area contributed by atoms with Crippen molar-refractivity contribution in [3.05, 3.63) is 34.6 Å². The predicted octanol–water partition coefficient (Wildman–Crippen LogP) is 5.17. The van der Waals surface area contributed by atoms with Gasteiger partial charge in [-0.15, -0.1) is 0 Å². The number of benzene rings is 1. The van der Waals surface area contributed by atoms with Gasteiger partial charge in [-0.3, -0.25) is 4.79 Å². The van der Waals surface area contributed by atoms with Crippen LogP contribution in [0.3, 0.4) is 0 Å². The zero-order chi connectivity index (χ0) is 17.1. The van der Waals surface area contributed by atoms with Gasteiger partial charge in [-0.2, -0.15) is 0 Å². The second kappa shape index (κ2) is 7.80. The molecule has 6 heteroatoms. The number of halogens is 4. The standard InChI is InChI=1S/C17H21Cl2F2NO/c1-10-5-3-8-15(11(10)2)22(17(23)16(19)21)9-12-13(18)6-4-7-14(12)20/h4,6-7,10-11,15-16H,3,5,8-9H2,1-2H3. The molecular weight excluding hydrogens is 343 g/mol. The molecule has 2 rings (SSSR count). The fourth-order valence-electron chi connectivity index (χ4n) is 3.33. The molecule has 1 aromatic rings. The van der Waals surface area contributed by atoms with Crippen LogP contribution in [-0.4, -0.2) is 22.5 Å². The van der Waals surface area contributed by atoms with E-state index in [0.29, 0.717) is 5.92 Å². The molecule has 0 aliphatic heterocycles. The average molecular weight is 364 g/mol. The molecule has 1 aromatic carbocycles. The van der Waals surface area contributed by atoms with Crippen molar-refractivity contribution in [1.29, 1.82) is 0 Å². The highest BCUT2D eigenvalue weighted by molar-refractivity contribution is 6.31. The molecule has 0 saturated heterocycles. The second-order valence-corrected chi connectivity index (χ2v) is 7.09. The summed E-state index contributed by atoms with van der Waals surface area (Å²) in [5, 5.41) is 0.226. The van der Waals surface area contributed by atoms with Crippen LogP contribution in [0, 0.1) is 17.7 Å². The van der Waals surface area contributed by atoms with Crippen molar-refractivity contribution in [3.63, 3.8) is 0 Å². The number of nitrogens with zero attached hydrogens (tertiary/aromatic N) is 1. The maximum Gasteiger partial charge on any atom is 0.273 e. The number of carbonyl (C=O) groups excluding carboxylic acids is 1. The highest BCUT2D eigenvalue weighted by Crippen LogP contribution is 2.35. The fraction of sp³-hybridized carbons (Fsp3) is 0.588. The SMILES string of the molecule is CC1CCCC(N(Cc2c(F)cccc2Cl)C(=O)C(F)Cl)C1C. The van der Waals surface area contributed by atoms with E-state index in [1.54, 1.807) is 6.07 Å². The van der Waals surface area contributed by atoms with Crippen molar-refractivity contribution < 1.29 is 13.6 Å². The van der Waals surface area contributed by atoms with E-state index in [0.717, 1.165) is 19.3 Å². The number of carbonyl (C=O) groups is 1. The van der Waals surface area contributed by atoms with Gasteiger partial charge in [0, 0.05) is 16.6 Å². The first-order valence-corrected chi connectivity index (χ1v) is 8.66. The minimum Gasteiger partial charge on any atom is -0.331 e. The molecule has 128 valence electrons. The predicted molar refractivity (Wildman–Crippen MR) is 88.7 cm³/mol. The van der Waals surface area contributed by atoms with E-state index in [2.05, 4.69) is 6.92 Å². The van der Waals surface area contributed by atoms with Crippen LogP contribution in [0.2, 0.25) is 5.02 Å². The maximum atomic E-state index is 14.1. The molecule has 1 amide bonds. The van der Waals surface area contributed by atoms with Crippen molar-refractivity contribution in [2.24, 2.45) is 11.8 Å². The summed E-state index contributed by atoms with van der Waals surface area (Å²) < 4.78 is 27.5. The Kier molecular flexibility index (Phi) is 6.26. The lowest BCUT2D eigenvalue weighted by atomic mass is 9.77. The van der Waals surface area contributed by atoms with Gasteiger partial charge in [-0.25, -0.2) is 8.78 Å². The largest absolute Gasteiger partial charge is 0.331 e. The summed E-state index contributed by atoms with van der Waals surface area (Å²) in [4.78, 5) is 13.6. The Bertz CT molecular complexity index is 547. The monoisotopic (exact) mass is 363 g/mol. The maximum absolute atomic E-state index is 14.1. The van der Waals surface area contributed by atoms with Gasteiger partial charge in [0.25, 0.3) is 11.5 Å².